The molecule has 2 N–H and O–H groups in total. The highest BCUT2D eigenvalue weighted by molar-refractivity contribution is 9.10. The standard InChI is InChI=1S/C15H15BrClNO/c1-10(18)13-4-2-3-5-15(13)19-9-11-6-7-12(16)8-14(11)17/h2-8,10H,9,18H2,1H3/t10-/m1/s1. The molecule has 100 valence electrons. The Hall–Kier alpha value is -1.03. The number of ether oxygens (including phenoxy) is 1. The van der Waals surface area contributed by atoms with E-state index < -0.39 is 0 Å². The molecule has 2 aromatic rings. The van der Waals surface area contributed by atoms with Crippen LogP contribution in [0, 0.1) is 0 Å². The van der Waals surface area contributed by atoms with Crippen LogP contribution in [0.25, 0.3) is 0 Å². The van der Waals surface area contributed by atoms with E-state index in [0.29, 0.717) is 11.6 Å². The molecule has 0 unspecified atom stereocenters. The first-order valence-electron chi connectivity index (χ1n) is 5.99. The van der Waals surface area contributed by atoms with Crippen molar-refractivity contribution in [3.05, 3.63) is 63.1 Å². The molecule has 0 radical (unpaired) electrons. The summed E-state index contributed by atoms with van der Waals surface area (Å²) in [7, 11) is 0. The number of nitrogens with two attached hydrogens (primary N) is 1. The van der Waals surface area contributed by atoms with Crippen LogP contribution in [0.2, 0.25) is 5.02 Å². The van der Waals surface area contributed by atoms with E-state index in [2.05, 4.69) is 15.9 Å². The average molecular weight is 341 g/mol. The quantitative estimate of drug-likeness (QED) is 0.875. The summed E-state index contributed by atoms with van der Waals surface area (Å²) in [5.74, 6) is 0.802. The Morgan fingerprint density at radius 1 is 1.26 bits per heavy atom. The fraction of sp³-hybridized carbons (Fsp3) is 0.200. The molecule has 19 heavy (non-hydrogen) atoms. The van der Waals surface area contributed by atoms with Gasteiger partial charge >= 0.3 is 0 Å². The average Bonchev–Trinajstić information content (AvgIpc) is 2.38. The molecule has 0 bridgehead atoms. The van der Waals surface area contributed by atoms with E-state index in [-0.39, 0.29) is 6.04 Å². The van der Waals surface area contributed by atoms with Crippen LogP contribution in [0.5, 0.6) is 5.75 Å². The molecule has 0 aliphatic carbocycles. The summed E-state index contributed by atoms with van der Waals surface area (Å²) in [6.07, 6.45) is 0. The topological polar surface area (TPSA) is 35.2 Å². The zero-order valence-electron chi connectivity index (χ0n) is 10.6. The molecule has 0 heterocycles. The second-order valence-corrected chi connectivity index (χ2v) is 5.67. The zero-order chi connectivity index (χ0) is 13.8. The molecule has 0 spiro atoms. The molecule has 0 fully saturated rings. The van der Waals surface area contributed by atoms with Crippen molar-refractivity contribution in [1.29, 1.82) is 0 Å². The lowest BCUT2D eigenvalue weighted by atomic mass is 10.1. The lowest BCUT2D eigenvalue weighted by Gasteiger charge is -2.14. The molecule has 0 aliphatic heterocycles. The molecule has 0 saturated heterocycles. The van der Waals surface area contributed by atoms with Crippen molar-refractivity contribution in [2.75, 3.05) is 0 Å². The van der Waals surface area contributed by atoms with Crippen LogP contribution < -0.4 is 10.5 Å². The summed E-state index contributed by atoms with van der Waals surface area (Å²) in [5, 5.41) is 0.688. The first kappa shape index (κ1) is 14.4. The number of hydrogen-bond acceptors (Lipinski definition) is 2. The molecule has 0 aliphatic rings. The SMILES string of the molecule is C[C@@H](N)c1ccccc1OCc1ccc(Br)cc1Cl. The number of rotatable bonds is 4. The fourth-order valence-electron chi connectivity index (χ4n) is 1.78. The second kappa shape index (κ2) is 6.42. The smallest absolute Gasteiger partial charge is 0.124 e. The van der Waals surface area contributed by atoms with Crippen molar-refractivity contribution in [1.82, 2.24) is 0 Å². The molecule has 0 amide bonds. The minimum atomic E-state index is -0.0587. The zero-order valence-corrected chi connectivity index (χ0v) is 12.9. The molecular formula is C15H15BrClNO. The maximum absolute atomic E-state index is 6.16. The van der Waals surface area contributed by atoms with E-state index in [1.807, 2.05) is 49.4 Å². The highest BCUT2D eigenvalue weighted by Crippen LogP contribution is 2.26. The van der Waals surface area contributed by atoms with Crippen molar-refractivity contribution >= 4 is 27.5 Å². The summed E-state index contributed by atoms with van der Waals surface area (Å²) < 4.78 is 6.78. The predicted molar refractivity (Wildman–Crippen MR) is 82.5 cm³/mol. The van der Waals surface area contributed by atoms with Crippen LogP contribution in [0.3, 0.4) is 0 Å². The molecule has 0 aromatic heterocycles. The lowest BCUT2D eigenvalue weighted by Crippen LogP contribution is -2.08. The van der Waals surface area contributed by atoms with Crippen molar-refractivity contribution in [2.24, 2.45) is 5.73 Å². The summed E-state index contributed by atoms with van der Waals surface area (Å²) in [6, 6.07) is 13.5. The van der Waals surface area contributed by atoms with Crippen molar-refractivity contribution in [3.8, 4) is 5.75 Å². The number of benzene rings is 2. The Morgan fingerprint density at radius 3 is 2.68 bits per heavy atom. The van der Waals surface area contributed by atoms with Crippen LogP contribution in [-0.2, 0) is 6.61 Å². The van der Waals surface area contributed by atoms with Gasteiger partial charge in [-0.05, 0) is 25.1 Å². The normalized spacial score (nSPS) is 12.2. The Balaban J connectivity index is 2.14. The predicted octanol–water partition coefficient (Wildman–Crippen LogP) is 4.70. The largest absolute Gasteiger partial charge is 0.489 e. The highest BCUT2D eigenvalue weighted by atomic mass is 79.9. The van der Waals surface area contributed by atoms with Crippen LogP contribution >= 0.6 is 27.5 Å². The molecule has 0 saturated carbocycles. The van der Waals surface area contributed by atoms with Gasteiger partial charge in [0.2, 0.25) is 0 Å². The van der Waals surface area contributed by atoms with Crippen LogP contribution in [0.4, 0.5) is 0 Å². The van der Waals surface area contributed by atoms with Gasteiger partial charge in [0, 0.05) is 26.7 Å². The van der Waals surface area contributed by atoms with E-state index in [1.165, 1.54) is 0 Å². The molecular weight excluding hydrogens is 326 g/mol. The van der Waals surface area contributed by atoms with E-state index in [1.54, 1.807) is 0 Å². The molecule has 2 nitrogen and oxygen atoms in total. The van der Waals surface area contributed by atoms with Gasteiger partial charge in [-0.1, -0.05) is 51.8 Å². The van der Waals surface area contributed by atoms with Crippen molar-refractivity contribution in [3.63, 3.8) is 0 Å². The van der Waals surface area contributed by atoms with Gasteiger partial charge in [-0.2, -0.15) is 0 Å². The van der Waals surface area contributed by atoms with E-state index in [9.17, 15) is 0 Å². The van der Waals surface area contributed by atoms with Crippen molar-refractivity contribution in [2.45, 2.75) is 19.6 Å². The number of hydrogen-bond donors (Lipinski definition) is 1. The third-order valence-corrected chi connectivity index (χ3v) is 3.65. The van der Waals surface area contributed by atoms with Gasteiger partial charge in [0.15, 0.2) is 0 Å². The Labute approximate surface area is 126 Å². The van der Waals surface area contributed by atoms with Crippen LogP contribution in [0.15, 0.2) is 46.9 Å². The number of para-hydroxylation sites is 1. The highest BCUT2D eigenvalue weighted by Gasteiger charge is 2.08. The first-order chi connectivity index (χ1) is 9.08. The third-order valence-electron chi connectivity index (χ3n) is 2.81. The third kappa shape index (κ3) is 3.72. The van der Waals surface area contributed by atoms with Crippen LogP contribution in [0.1, 0.15) is 24.1 Å². The van der Waals surface area contributed by atoms with Crippen molar-refractivity contribution < 1.29 is 4.74 Å². The number of halogens is 2. The van der Waals surface area contributed by atoms with Gasteiger partial charge in [0.25, 0.3) is 0 Å². The maximum Gasteiger partial charge on any atom is 0.124 e. The van der Waals surface area contributed by atoms with E-state index in [0.717, 1.165) is 21.3 Å². The maximum atomic E-state index is 6.16. The minimum absolute atomic E-state index is 0.0587. The molecule has 1 atom stereocenters. The Kier molecular flexibility index (Phi) is 4.86. The first-order valence-corrected chi connectivity index (χ1v) is 7.16. The summed E-state index contributed by atoms with van der Waals surface area (Å²) in [6.45, 7) is 2.37. The van der Waals surface area contributed by atoms with E-state index >= 15 is 0 Å². The molecule has 4 heteroatoms. The summed E-state index contributed by atoms with van der Waals surface area (Å²) >= 11 is 9.54. The summed E-state index contributed by atoms with van der Waals surface area (Å²) in [4.78, 5) is 0. The molecule has 2 rings (SSSR count). The fourth-order valence-corrected chi connectivity index (χ4v) is 2.51. The van der Waals surface area contributed by atoms with Gasteiger partial charge < -0.3 is 10.5 Å². The lowest BCUT2D eigenvalue weighted by molar-refractivity contribution is 0.301. The molecule has 2 aromatic carbocycles. The minimum Gasteiger partial charge on any atom is -0.489 e. The Bertz CT molecular complexity index is 572. The van der Waals surface area contributed by atoms with Gasteiger partial charge in [-0.15, -0.1) is 0 Å². The van der Waals surface area contributed by atoms with Crippen LogP contribution in [-0.4, -0.2) is 0 Å². The Morgan fingerprint density at radius 2 is 2.00 bits per heavy atom. The van der Waals surface area contributed by atoms with Gasteiger partial charge in [0.1, 0.15) is 12.4 Å². The van der Waals surface area contributed by atoms with Gasteiger partial charge in [-0.3, -0.25) is 0 Å². The van der Waals surface area contributed by atoms with E-state index in [4.69, 9.17) is 22.1 Å². The van der Waals surface area contributed by atoms with Gasteiger partial charge in [-0.25, -0.2) is 0 Å². The van der Waals surface area contributed by atoms with Gasteiger partial charge in [0.05, 0.1) is 0 Å². The second-order valence-electron chi connectivity index (χ2n) is 4.35. The monoisotopic (exact) mass is 339 g/mol. The summed E-state index contributed by atoms with van der Waals surface area (Å²) in [5.41, 5.74) is 7.87.